The summed E-state index contributed by atoms with van der Waals surface area (Å²) in [5.41, 5.74) is 0.204. The Hall–Kier alpha value is -2.43. The maximum Gasteiger partial charge on any atom is 0.311 e. The van der Waals surface area contributed by atoms with Crippen molar-refractivity contribution in [1.82, 2.24) is 4.31 Å². The van der Waals surface area contributed by atoms with Gasteiger partial charge in [-0.25, -0.2) is 8.42 Å². The second-order valence-corrected chi connectivity index (χ2v) is 9.76. The number of anilines is 1. The number of piperidine rings is 1. The van der Waals surface area contributed by atoms with Gasteiger partial charge in [0.1, 0.15) is 5.75 Å². The molecule has 0 radical (unpaired) electrons. The molecule has 1 N–H and O–H groups in total. The molecule has 30 heavy (non-hydrogen) atoms. The molecule has 1 aromatic heterocycles. The fourth-order valence-corrected chi connectivity index (χ4v) is 5.37. The first kappa shape index (κ1) is 22.3. The molecule has 1 fully saturated rings. The van der Waals surface area contributed by atoms with Crippen LogP contribution in [0.2, 0.25) is 0 Å². The molecule has 1 aromatic carbocycles. The van der Waals surface area contributed by atoms with E-state index in [4.69, 9.17) is 9.47 Å². The highest BCUT2D eigenvalue weighted by Crippen LogP contribution is 2.30. The Morgan fingerprint density at radius 3 is 2.60 bits per heavy atom. The summed E-state index contributed by atoms with van der Waals surface area (Å²) in [5, 5.41) is 4.42. The van der Waals surface area contributed by atoms with Crippen molar-refractivity contribution in [3.05, 3.63) is 40.6 Å². The van der Waals surface area contributed by atoms with E-state index < -0.39 is 28.5 Å². The van der Waals surface area contributed by atoms with E-state index in [1.54, 1.807) is 0 Å². The van der Waals surface area contributed by atoms with E-state index in [0.717, 1.165) is 24.1 Å². The number of benzene rings is 1. The number of hydrogen-bond donors (Lipinski definition) is 1. The Kier molecular flexibility index (Phi) is 7.46. The van der Waals surface area contributed by atoms with Crippen LogP contribution in [-0.2, 0) is 30.8 Å². The van der Waals surface area contributed by atoms with Crippen LogP contribution in [0.4, 0.5) is 5.69 Å². The normalized spacial score (nSPS) is 14.8. The molecule has 1 aliphatic heterocycles. The number of esters is 1. The van der Waals surface area contributed by atoms with Gasteiger partial charge in [-0.15, -0.1) is 11.3 Å². The molecule has 0 bridgehead atoms. The van der Waals surface area contributed by atoms with Crippen LogP contribution >= 0.6 is 11.3 Å². The van der Waals surface area contributed by atoms with Crippen molar-refractivity contribution in [2.75, 3.05) is 32.1 Å². The number of nitrogens with one attached hydrogen (secondary N) is 1. The lowest BCUT2D eigenvalue weighted by Crippen LogP contribution is -2.35. The van der Waals surface area contributed by atoms with Crippen LogP contribution in [0.1, 0.15) is 24.1 Å². The summed E-state index contributed by atoms with van der Waals surface area (Å²) in [6.45, 7) is 0.489. The van der Waals surface area contributed by atoms with E-state index in [1.165, 1.54) is 41.0 Å². The average Bonchev–Trinajstić information content (AvgIpc) is 3.26. The molecule has 0 atom stereocenters. The molecule has 3 rings (SSSR count). The summed E-state index contributed by atoms with van der Waals surface area (Å²) in [6, 6.07) is 7.96. The molecule has 1 amide bonds. The van der Waals surface area contributed by atoms with Crippen LogP contribution in [0.15, 0.2) is 40.6 Å². The summed E-state index contributed by atoms with van der Waals surface area (Å²) in [4.78, 5) is 25.0. The number of sulfonamides is 1. The zero-order valence-electron chi connectivity index (χ0n) is 16.6. The highest BCUT2D eigenvalue weighted by Gasteiger charge is 2.27. The lowest BCUT2D eigenvalue weighted by atomic mass is 10.2. The lowest BCUT2D eigenvalue weighted by Gasteiger charge is -2.26. The van der Waals surface area contributed by atoms with Crippen molar-refractivity contribution in [3.8, 4) is 5.75 Å². The summed E-state index contributed by atoms with van der Waals surface area (Å²) in [7, 11) is -2.24. The quantitative estimate of drug-likeness (QED) is 0.618. The Morgan fingerprint density at radius 1 is 1.17 bits per heavy atom. The summed E-state index contributed by atoms with van der Waals surface area (Å²) in [6.07, 6.45) is 2.77. The first-order valence-electron chi connectivity index (χ1n) is 9.56. The van der Waals surface area contributed by atoms with Gasteiger partial charge >= 0.3 is 5.97 Å². The predicted molar refractivity (Wildman–Crippen MR) is 113 cm³/mol. The van der Waals surface area contributed by atoms with E-state index in [0.29, 0.717) is 18.8 Å². The van der Waals surface area contributed by atoms with E-state index in [2.05, 4.69) is 5.32 Å². The molecule has 0 unspecified atom stereocenters. The van der Waals surface area contributed by atoms with Crippen molar-refractivity contribution >= 4 is 38.9 Å². The number of ether oxygens (including phenoxy) is 2. The van der Waals surface area contributed by atoms with Crippen LogP contribution < -0.4 is 10.1 Å². The number of amides is 1. The fraction of sp³-hybridized carbons (Fsp3) is 0.400. The zero-order chi connectivity index (χ0) is 21.6. The third kappa shape index (κ3) is 5.59. The topological polar surface area (TPSA) is 102 Å². The van der Waals surface area contributed by atoms with Gasteiger partial charge in [0.2, 0.25) is 10.0 Å². The Bertz CT molecular complexity index is 983. The number of nitrogens with zero attached hydrogens (tertiary/aromatic N) is 1. The standard InChI is InChI=1S/C20H24N2O6S2/c1-27-18-8-7-16(30(25,26)22-9-3-2-4-10-22)13-17(18)21-19(23)14-28-20(24)12-15-6-5-11-29-15/h5-8,11,13H,2-4,9-10,12,14H2,1H3,(H,21,23). The summed E-state index contributed by atoms with van der Waals surface area (Å²) in [5.74, 6) is -0.785. The smallest absolute Gasteiger partial charge is 0.311 e. The first-order valence-corrected chi connectivity index (χ1v) is 11.9. The van der Waals surface area contributed by atoms with Gasteiger partial charge in [-0.3, -0.25) is 9.59 Å². The van der Waals surface area contributed by atoms with Gasteiger partial charge in [-0.2, -0.15) is 4.31 Å². The van der Waals surface area contributed by atoms with E-state index in [9.17, 15) is 18.0 Å². The minimum atomic E-state index is -3.66. The summed E-state index contributed by atoms with van der Waals surface area (Å²) >= 11 is 1.43. The number of hydrogen-bond acceptors (Lipinski definition) is 7. The molecule has 8 nitrogen and oxygen atoms in total. The van der Waals surface area contributed by atoms with E-state index in [-0.39, 0.29) is 17.0 Å². The van der Waals surface area contributed by atoms with Crippen molar-refractivity contribution in [3.63, 3.8) is 0 Å². The molecule has 0 aliphatic carbocycles. The second-order valence-electron chi connectivity index (χ2n) is 6.79. The third-order valence-electron chi connectivity index (χ3n) is 4.66. The molecule has 0 saturated carbocycles. The van der Waals surface area contributed by atoms with Crippen molar-refractivity contribution in [1.29, 1.82) is 0 Å². The zero-order valence-corrected chi connectivity index (χ0v) is 18.3. The molecular weight excluding hydrogens is 428 g/mol. The molecule has 10 heteroatoms. The molecule has 2 aromatic rings. The monoisotopic (exact) mass is 452 g/mol. The van der Waals surface area contributed by atoms with Gasteiger partial charge in [-0.1, -0.05) is 12.5 Å². The maximum absolute atomic E-state index is 12.9. The minimum absolute atomic E-state index is 0.0789. The number of methoxy groups -OCH3 is 1. The van der Waals surface area contributed by atoms with Gasteiger partial charge in [0.25, 0.3) is 5.91 Å². The van der Waals surface area contributed by atoms with Crippen molar-refractivity contribution in [2.24, 2.45) is 0 Å². The van der Waals surface area contributed by atoms with Crippen LogP contribution in [0.25, 0.3) is 0 Å². The highest BCUT2D eigenvalue weighted by atomic mass is 32.2. The molecule has 1 aliphatic rings. The van der Waals surface area contributed by atoms with E-state index >= 15 is 0 Å². The Labute approximate surface area is 179 Å². The lowest BCUT2D eigenvalue weighted by molar-refractivity contribution is -0.146. The molecular formula is C20H24N2O6S2. The number of carbonyl (C=O) groups is 2. The van der Waals surface area contributed by atoms with Gasteiger partial charge in [0.15, 0.2) is 6.61 Å². The number of thiophene rings is 1. The second kappa shape index (κ2) is 10.1. The Morgan fingerprint density at radius 2 is 1.93 bits per heavy atom. The SMILES string of the molecule is COc1ccc(S(=O)(=O)N2CCCCC2)cc1NC(=O)COC(=O)Cc1cccs1. The van der Waals surface area contributed by atoms with Gasteiger partial charge in [0, 0.05) is 18.0 Å². The molecule has 0 spiro atoms. The van der Waals surface area contributed by atoms with E-state index in [1.807, 2.05) is 17.5 Å². The van der Waals surface area contributed by atoms with Crippen LogP contribution in [-0.4, -0.2) is 51.4 Å². The first-order chi connectivity index (χ1) is 14.4. The van der Waals surface area contributed by atoms with Crippen LogP contribution in [0.5, 0.6) is 5.75 Å². The fourth-order valence-electron chi connectivity index (χ4n) is 3.14. The third-order valence-corrected chi connectivity index (χ3v) is 7.43. The minimum Gasteiger partial charge on any atom is -0.495 e. The molecule has 162 valence electrons. The predicted octanol–water partition coefficient (Wildman–Crippen LogP) is 2.66. The number of rotatable bonds is 8. The van der Waals surface area contributed by atoms with Crippen LogP contribution in [0.3, 0.4) is 0 Å². The highest BCUT2D eigenvalue weighted by molar-refractivity contribution is 7.89. The maximum atomic E-state index is 12.9. The van der Waals surface area contributed by atoms with Crippen molar-refractivity contribution < 1.29 is 27.5 Å². The Balaban J connectivity index is 1.66. The largest absolute Gasteiger partial charge is 0.495 e. The summed E-state index contributed by atoms with van der Waals surface area (Å²) < 4.78 is 37.5. The molecule has 1 saturated heterocycles. The number of carbonyl (C=O) groups excluding carboxylic acids is 2. The average molecular weight is 453 g/mol. The van der Waals surface area contributed by atoms with Crippen molar-refractivity contribution in [2.45, 2.75) is 30.6 Å². The van der Waals surface area contributed by atoms with Gasteiger partial charge in [-0.05, 0) is 42.5 Å². The van der Waals surface area contributed by atoms with Crippen LogP contribution in [0, 0.1) is 0 Å². The van der Waals surface area contributed by atoms with Gasteiger partial charge in [0.05, 0.1) is 24.1 Å². The van der Waals surface area contributed by atoms with Gasteiger partial charge < -0.3 is 14.8 Å². The molecule has 2 heterocycles.